The van der Waals surface area contributed by atoms with Crippen LogP contribution >= 0.6 is 35.0 Å². The molecular formula is C10H11Cl2NOS. The van der Waals surface area contributed by atoms with Crippen molar-refractivity contribution < 1.29 is 5.11 Å². The average Bonchev–Trinajstić information content (AvgIpc) is 2.58. The highest BCUT2D eigenvalue weighted by Crippen LogP contribution is 2.34. The van der Waals surface area contributed by atoms with Crippen molar-refractivity contribution in [3.63, 3.8) is 0 Å². The quantitative estimate of drug-likeness (QED) is 0.860. The lowest BCUT2D eigenvalue weighted by Gasteiger charge is -2.13. The van der Waals surface area contributed by atoms with E-state index >= 15 is 0 Å². The molecule has 0 radical (unpaired) electrons. The number of β-amino-alcohol motifs (C(OH)–C–C–N with tert-alkyl or cyclic N) is 1. The van der Waals surface area contributed by atoms with Crippen LogP contribution < -0.4 is 5.32 Å². The molecule has 0 spiro atoms. The Morgan fingerprint density at radius 3 is 2.80 bits per heavy atom. The lowest BCUT2D eigenvalue weighted by Crippen LogP contribution is -2.19. The Bertz CT molecular complexity index is 361. The highest BCUT2D eigenvalue weighted by molar-refractivity contribution is 8.00. The number of halogens is 2. The van der Waals surface area contributed by atoms with Crippen LogP contribution in [0.1, 0.15) is 0 Å². The van der Waals surface area contributed by atoms with Crippen LogP contribution in [-0.4, -0.2) is 29.5 Å². The number of rotatable bonds is 2. The summed E-state index contributed by atoms with van der Waals surface area (Å²) in [5.74, 6) is 0. The molecule has 2 rings (SSSR count). The zero-order valence-electron chi connectivity index (χ0n) is 7.91. The summed E-state index contributed by atoms with van der Waals surface area (Å²) in [6.07, 6.45) is -0.315. The molecule has 1 aliphatic heterocycles. The number of hydrogen-bond acceptors (Lipinski definition) is 3. The van der Waals surface area contributed by atoms with Crippen molar-refractivity contribution in [2.45, 2.75) is 16.2 Å². The van der Waals surface area contributed by atoms with Crippen LogP contribution in [-0.2, 0) is 0 Å². The van der Waals surface area contributed by atoms with E-state index in [0.29, 0.717) is 16.6 Å². The molecule has 1 aromatic rings. The van der Waals surface area contributed by atoms with E-state index < -0.39 is 0 Å². The van der Waals surface area contributed by atoms with E-state index in [-0.39, 0.29) is 11.4 Å². The molecule has 2 unspecified atom stereocenters. The van der Waals surface area contributed by atoms with Crippen molar-refractivity contribution in [1.29, 1.82) is 0 Å². The van der Waals surface area contributed by atoms with Crippen LogP contribution in [0.25, 0.3) is 0 Å². The molecule has 5 heteroatoms. The Morgan fingerprint density at radius 1 is 1.33 bits per heavy atom. The largest absolute Gasteiger partial charge is 0.391 e. The summed E-state index contributed by atoms with van der Waals surface area (Å²) in [5.41, 5.74) is 0. The van der Waals surface area contributed by atoms with E-state index in [4.69, 9.17) is 23.2 Å². The predicted molar refractivity (Wildman–Crippen MR) is 65.0 cm³/mol. The van der Waals surface area contributed by atoms with Gasteiger partial charge < -0.3 is 10.4 Å². The summed E-state index contributed by atoms with van der Waals surface area (Å²) in [7, 11) is 0. The van der Waals surface area contributed by atoms with Crippen LogP contribution in [0.2, 0.25) is 10.0 Å². The van der Waals surface area contributed by atoms with E-state index in [1.54, 1.807) is 23.9 Å². The van der Waals surface area contributed by atoms with Crippen LogP contribution in [0, 0.1) is 0 Å². The van der Waals surface area contributed by atoms with Gasteiger partial charge in [-0.3, -0.25) is 0 Å². The molecule has 15 heavy (non-hydrogen) atoms. The van der Waals surface area contributed by atoms with Gasteiger partial charge in [0.1, 0.15) is 0 Å². The molecule has 1 aliphatic rings. The van der Waals surface area contributed by atoms with Crippen LogP contribution in [0.5, 0.6) is 0 Å². The van der Waals surface area contributed by atoms with E-state index in [0.717, 1.165) is 11.4 Å². The molecular weight excluding hydrogens is 253 g/mol. The number of thioether (sulfide) groups is 1. The fourth-order valence-electron chi connectivity index (χ4n) is 1.49. The van der Waals surface area contributed by atoms with Crippen LogP contribution in [0.15, 0.2) is 23.1 Å². The molecule has 1 aromatic carbocycles. The second-order valence-electron chi connectivity index (χ2n) is 3.46. The molecule has 2 N–H and O–H groups in total. The Balaban J connectivity index is 2.12. The summed E-state index contributed by atoms with van der Waals surface area (Å²) in [6, 6.07) is 5.37. The van der Waals surface area contributed by atoms with Gasteiger partial charge in [0, 0.05) is 28.3 Å². The van der Waals surface area contributed by atoms with Gasteiger partial charge in [-0.15, -0.1) is 11.8 Å². The maximum absolute atomic E-state index is 9.65. The number of benzene rings is 1. The number of aliphatic hydroxyl groups is 1. The van der Waals surface area contributed by atoms with Gasteiger partial charge in [-0.25, -0.2) is 0 Å². The molecule has 0 bridgehead atoms. The van der Waals surface area contributed by atoms with Crippen molar-refractivity contribution in [2.24, 2.45) is 0 Å². The fraction of sp³-hybridized carbons (Fsp3) is 0.400. The predicted octanol–water partition coefficient (Wildman–Crippen LogP) is 2.42. The van der Waals surface area contributed by atoms with Crippen molar-refractivity contribution in [3.05, 3.63) is 28.2 Å². The van der Waals surface area contributed by atoms with Gasteiger partial charge >= 0.3 is 0 Å². The highest BCUT2D eigenvalue weighted by atomic mass is 35.5. The normalized spacial score (nSPS) is 25.8. The van der Waals surface area contributed by atoms with Crippen molar-refractivity contribution in [3.8, 4) is 0 Å². The highest BCUT2D eigenvalue weighted by Gasteiger charge is 2.26. The Morgan fingerprint density at radius 2 is 2.13 bits per heavy atom. The fourth-order valence-corrected chi connectivity index (χ4v) is 3.14. The molecule has 0 amide bonds. The Hall–Kier alpha value is 0.0700. The molecule has 0 aromatic heterocycles. The number of aliphatic hydroxyl groups excluding tert-OH is 1. The van der Waals surface area contributed by atoms with Gasteiger partial charge in [-0.1, -0.05) is 23.2 Å². The Labute approximate surface area is 103 Å². The number of hydrogen-bond donors (Lipinski definition) is 2. The minimum atomic E-state index is -0.315. The maximum Gasteiger partial charge on any atom is 0.0798 e. The molecule has 1 heterocycles. The minimum Gasteiger partial charge on any atom is -0.391 e. The first kappa shape index (κ1) is 11.6. The standard InChI is InChI=1S/C10H11Cl2NOS/c11-6-1-2-7(12)9(3-6)15-10-5-13-4-8(10)14/h1-3,8,10,13-14H,4-5H2. The van der Waals surface area contributed by atoms with Gasteiger partial charge in [0.15, 0.2) is 0 Å². The van der Waals surface area contributed by atoms with Gasteiger partial charge in [-0.05, 0) is 18.2 Å². The average molecular weight is 264 g/mol. The SMILES string of the molecule is OC1CNCC1Sc1cc(Cl)ccc1Cl. The van der Waals surface area contributed by atoms with Crippen molar-refractivity contribution in [2.75, 3.05) is 13.1 Å². The molecule has 82 valence electrons. The van der Waals surface area contributed by atoms with Gasteiger partial charge in [0.05, 0.1) is 11.1 Å². The third-order valence-electron chi connectivity index (χ3n) is 2.30. The van der Waals surface area contributed by atoms with E-state index in [1.807, 2.05) is 6.07 Å². The Kier molecular flexibility index (Phi) is 3.80. The van der Waals surface area contributed by atoms with Crippen molar-refractivity contribution >= 4 is 35.0 Å². The van der Waals surface area contributed by atoms with Crippen molar-refractivity contribution in [1.82, 2.24) is 5.32 Å². The first-order chi connectivity index (χ1) is 7.16. The summed E-state index contributed by atoms with van der Waals surface area (Å²) in [4.78, 5) is 0.928. The van der Waals surface area contributed by atoms with E-state index in [9.17, 15) is 5.11 Å². The summed E-state index contributed by atoms with van der Waals surface area (Å²) < 4.78 is 0. The number of nitrogens with one attached hydrogen (secondary N) is 1. The monoisotopic (exact) mass is 263 g/mol. The third kappa shape index (κ3) is 2.80. The summed E-state index contributed by atoms with van der Waals surface area (Å²) in [6.45, 7) is 1.45. The lowest BCUT2D eigenvalue weighted by molar-refractivity contribution is 0.201. The van der Waals surface area contributed by atoms with E-state index in [1.165, 1.54) is 0 Å². The second kappa shape index (κ2) is 4.93. The smallest absolute Gasteiger partial charge is 0.0798 e. The van der Waals surface area contributed by atoms with Gasteiger partial charge in [0.2, 0.25) is 0 Å². The first-order valence-corrected chi connectivity index (χ1v) is 6.31. The van der Waals surface area contributed by atoms with Crippen LogP contribution in [0.3, 0.4) is 0 Å². The van der Waals surface area contributed by atoms with Gasteiger partial charge in [-0.2, -0.15) is 0 Å². The minimum absolute atomic E-state index is 0.154. The zero-order valence-corrected chi connectivity index (χ0v) is 10.2. The zero-order chi connectivity index (χ0) is 10.8. The molecule has 1 saturated heterocycles. The molecule has 0 aliphatic carbocycles. The third-order valence-corrected chi connectivity index (χ3v) is 4.35. The molecule has 2 nitrogen and oxygen atoms in total. The molecule has 2 atom stereocenters. The molecule has 0 saturated carbocycles. The van der Waals surface area contributed by atoms with E-state index in [2.05, 4.69) is 5.32 Å². The first-order valence-electron chi connectivity index (χ1n) is 4.67. The summed E-state index contributed by atoms with van der Waals surface area (Å²) in [5, 5.41) is 14.3. The van der Waals surface area contributed by atoms with Crippen LogP contribution in [0.4, 0.5) is 0 Å². The lowest BCUT2D eigenvalue weighted by atomic mass is 10.3. The molecule has 1 fully saturated rings. The maximum atomic E-state index is 9.65. The second-order valence-corrected chi connectivity index (χ2v) is 5.58. The summed E-state index contributed by atoms with van der Waals surface area (Å²) >= 11 is 13.5. The van der Waals surface area contributed by atoms with Gasteiger partial charge in [0.25, 0.3) is 0 Å². The topological polar surface area (TPSA) is 32.3 Å².